The van der Waals surface area contributed by atoms with Crippen LogP contribution in [0.4, 0.5) is 5.69 Å². The fraction of sp³-hybridized carbons (Fsp3) is 0.0800. The van der Waals surface area contributed by atoms with Crippen LogP contribution in [-0.2, 0) is 4.79 Å². The molecule has 3 aromatic carbocycles. The minimum absolute atomic E-state index is 0.0738. The van der Waals surface area contributed by atoms with E-state index in [4.69, 9.17) is 9.47 Å². The number of hydrogen-bond acceptors (Lipinski definition) is 5. The van der Waals surface area contributed by atoms with Gasteiger partial charge < -0.3 is 14.8 Å². The lowest BCUT2D eigenvalue weighted by Crippen LogP contribution is -2.14. The number of para-hydroxylation sites is 2. The van der Waals surface area contributed by atoms with Crippen LogP contribution in [0.15, 0.2) is 78.4 Å². The second kappa shape index (κ2) is 9.90. The molecule has 0 aliphatic rings. The molecule has 0 saturated heterocycles. The normalized spacial score (nSPS) is 10.7. The zero-order chi connectivity index (χ0) is 22.2. The number of benzene rings is 3. The fourth-order valence-electron chi connectivity index (χ4n) is 2.74. The summed E-state index contributed by atoms with van der Waals surface area (Å²) in [5, 5.41) is 12.1. The molecule has 0 bridgehead atoms. The van der Waals surface area contributed by atoms with Crippen LogP contribution in [-0.4, -0.2) is 19.0 Å². The molecule has 1 amide bonds. The Kier molecular flexibility index (Phi) is 6.82. The average molecular weight is 412 g/mol. The minimum atomic E-state index is -0.554. The van der Waals surface area contributed by atoms with E-state index in [9.17, 15) is 14.9 Å². The molecule has 1 N–H and O–H groups in total. The molecule has 0 aromatic heterocycles. The molecule has 0 atom stereocenters. The van der Waals surface area contributed by atoms with Crippen LogP contribution in [0.2, 0.25) is 0 Å². The molecule has 3 aromatic rings. The molecular formula is C25H20N2O4. The first kappa shape index (κ1) is 21.3. The van der Waals surface area contributed by atoms with E-state index in [0.29, 0.717) is 28.3 Å². The zero-order valence-electron chi connectivity index (χ0n) is 17.1. The molecule has 0 saturated carbocycles. The Balaban J connectivity index is 1.70. The molecule has 3 rings (SSSR count). The number of esters is 1. The van der Waals surface area contributed by atoms with Crippen LogP contribution < -0.4 is 14.8 Å². The van der Waals surface area contributed by atoms with Gasteiger partial charge in [-0.15, -0.1) is 0 Å². The van der Waals surface area contributed by atoms with E-state index in [1.165, 1.54) is 13.2 Å². The van der Waals surface area contributed by atoms with Crippen molar-refractivity contribution in [3.05, 3.63) is 95.1 Å². The highest BCUT2D eigenvalue weighted by molar-refractivity contribution is 6.10. The number of anilines is 1. The van der Waals surface area contributed by atoms with E-state index in [0.717, 1.165) is 5.56 Å². The lowest BCUT2D eigenvalue weighted by atomic mass is 10.1. The molecule has 0 unspecified atom stereocenters. The summed E-state index contributed by atoms with van der Waals surface area (Å²) in [5.41, 5.74) is 2.51. The lowest BCUT2D eigenvalue weighted by Gasteiger charge is -2.09. The van der Waals surface area contributed by atoms with Crippen molar-refractivity contribution < 1.29 is 19.1 Å². The van der Waals surface area contributed by atoms with Crippen molar-refractivity contribution in [2.45, 2.75) is 6.92 Å². The maximum Gasteiger partial charge on any atom is 0.343 e. The number of aryl methyl sites for hydroxylation is 1. The topological polar surface area (TPSA) is 88.4 Å². The molecule has 154 valence electrons. The maximum absolute atomic E-state index is 12.5. The molecular weight excluding hydrogens is 392 g/mol. The monoisotopic (exact) mass is 412 g/mol. The van der Waals surface area contributed by atoms with Gasteiger partial charge in [-0.2, -0.15) is 5.26 Å². The third kappa shape index (κ3) is 5.58. The van der Waals surface area contributed by atoms with Crippen molar-refractivity contribution in [3.63, 3.8) is 0 Å². The number of methoxy groups -OCH3 is 1. The summed E-state index contributed by atoms with van der Waals surface area (Å²) in [6.45, 7) is 1.94. The number of hydrogen-bond donors (Lipinski definition) is 1. The SMILES string of the molecule is COc1ccccc1NC(=O)/C(C#N)=C\c1ccc(OC(=O)c2ccc(C)cc2)cc1. The predicted molar refractivity (Wildman–Crippen MR) is 118 cm³/mol. The Morgan fingerprint density at radius 1 is 0.968 bits per heavy atom. The number of carbonyl (C=O) groups is 2. The summed E-state index contributed by atoms with van der Waals surface area (Å²) in [4.78, 5) is 24.7. The zero-order valence-corrected chi connectivity index (χ0v) is 17.1. The summed E-state index contributed by atoms with van der Waals surface area (Å²) in [7, 11) is 1.50. The van der Waals surface area contributed by atoms with E-state index in [1.807, 2.05) is 25.1 Å². The van der Waals surface area contributed by atoms with Gasteiger partial charge in [0.2, 0.25) is 0 Å². The quantitative estimate of drug-likeness (QED) is 0.273. The van der Waals surface area contributed by atoms with E-state index < -0.39 is 11.9 Å². The third-order valence-electron chi connectivity index (χ3n) is 4.41. The van der Waals surface area contributed by atoms with Crippen LogP contribution in [0.25, 0.3) is 6.08 Å². The molecule has 0 aliphatic heterocycles. The molecule has 0 fully saturated rings. The molecule has 6 heteroatoms. The predicted octanol–water partition coefficient (Wildman–Crippen LogP) is 4.77. The number of carbonyl (C=O) groups excluding carboxylic acids is 2. The molecule has 6 nitrogen and oxygen atoms in total. The van der Waals surface area contributed by atoms with Gasteiger partial charge in [0.25, 0.3) is 5.91 Å². The van der Waals surface area contributed by atoms with Gasteiger partial charge in [0.05, 0.1) is 18.4 Å². The van der Waals surface area contributed by atoms with Crippen LogP contribution in [0, 0.1) is 18.3 Å². The largest absolute Gasteiger partial charge is 0.495 e. The van der Waals surface area contributed by atoms with Crippen LogP contribution in [0.1, 0.15) is 21.5 Å². The van der Waals surface area contributed by atoms with E-state index in [1.54, 1.807) is 60.7 Å². The number of nitrogens with zero attached hydrogens (tertiary/aromatic N) is 1. The minimum Gasteiger partial charge on any atom is -0.495 e. The van der Waals surface area contributed by atoms with Gasteiger partial charge in [-0.1, -0.05) is 42.0 Å². The van der Waals surface area contributed by atoms with E-state index in [-0.39, 0.29) is 5.57 Å². The standard InChI is InChI=1S/C25H20N2O4/c1-17-7-11-19(12-8-17)25(29)31-21-13-9-18(10-14-21)15-20(16-26)24(28)27-22-5-3-4-6-23(22)30-2/h3-15H,1-2H3,(H,27,28)/b20-15-. The Morgan fingerprint density at radius 3 is 2.29 bits per heavy atom. The Labute approximate surface area is 180 Å². The summed E-state index contributed by atoms with van der Waals surface area (Å²) < 4.78 is 10.6. The molecule has 31 heavy (non-hydrogen) atoms. The summed E-state index contributed by atoms with van der Waals surface area (Å²) in [5.74, 6) is -0.161. The number of amides is 1. The second-order valence-electron chi connectivity index (χ2n) is 6.65. The van der Waals surface area contributed by atoms with Crippen LogP contribution in [0.5, 0.6) is 11.5 Å². The van der Waals surface area contributed by atoms with Gasteiger partial charge in [0.1, 0.15) is 23.1 Å². The van der Waals surface area contributed by atoms with Crippen molar-refractivity contribution in [1.82, 2.24) is 0 Å². The highest BCUT2D eigenvalue weighted by Gasteiger charge is 2.12. The van der Waals surface area contributed by atoms with Crippen LogP contribution >= 0.6 is 0 Å². The number of nitriles is 1. The van der Waals surface area contributed by atoms with Crippen LogP contribution in [0.3, 0.4) is 0 Å². The van der Waals surface area contributed by atoms with Crippen molar-refractivity contribution in [1.29, 1.82) is 5.26 Å². The Bertz CT molecular complexity index is 1160. The van der Waals surface area contributed by atoms with Gasteiger partial charge >= 0.3 is 5.97 Å². The molecule has 0 spiro atoms. The van der Waals surface area contributed by atoms with Crippen molar-refractivity contribution >= 4 is 23.6 Å². The second-order valence-corrected chi connectivity index (χ2v) is 6.65. The Morgan fingerprint density at radius 2 is 1.65 bits per heavy atom. The van der Waals surface area contributed by atoms with Gasteiger partial charge in [-0.3, -0.25) is 4.79 Å². The molecule has 0 radical (unpaired) electrons. The average Bonchev–Trinajstić information content (AvgIpc) is 2.79. The highest BCUT2D eigenvalue weighted by Crippen LogP contribution is 2.24. The summed E-state index contributed by atoms with van der Waals surface area (Å²) in [6.07, 6.45) is 1.45. The fourth-order valence-corrected chi connectivity index (χ4v) is 2.74. The number of nitrogens with one attached hydrogen (secondary N) is 1. The first-order valence-corrected chi connectivity index (χ1v) is 9.45. The van der Waals surface area contributed by atoms with Gasteiger partial charge in [0, 0.05) is 0 Å². The summed E-state index contributed by atoms with van der Waals surface area (Å²) >= 11 is 0. The Hall–Kier alpha value is -4.37. The molecule has 0 heterocycles. The first-order chi connectivity index (χ1) is 15.0. The highest BCUT2D eigenvalue weighted by atomic mass is 16.5. The van der Waals surface area contributed by atoms with Crippen molar-refractivity contribution in [3.8, 4) is 17.6 Å². The van der Waals surface area contributed by atoms with Gasteiger partial charge in [-0.25, -0.2) is 4.79 Å². The maximum atomic E-state index is 12.5. The third-order valence-corrected chi connectivity index (χ3v) is 4.41. The van der Waals surface area contributed by atoms with Crippen molar-refractivity contribution in [2.24, 2.45) is 0 Å². The first-order valence-electron chi connectivity index (χ1n) is 9.45. The van der Waals surface area contributed by atoms with E-state index in [2.05, 4.69) is 5.32 Å². The van der Waals surface area contributed by atoms with Gasteiger partial charge in [0.15, 0.2) is 0 Å². The van der Waals surface area contributed by atoms with Gasteiger partial charge in [-0.05, 0) is 55.0 Å². The smallest absolute Gasteiger partial charge is 0.343 e. The number of ether oxygens (including phenoxy) is 2. The van der Waals surface area contributed by atoms with Crippen molar-refractivity contribution in [2.75, 3.05) is 12.4 Å². The molecule has 0 aliphatic carbocycles. The summed E-state index contributed by atoms with van der Waals surface area (Å²) in [6, 6.07) is 22.4. The number of rotatable bonds is 6. The van der Waals surface area contributed by atoms with E-state index >= 15 is 0 Å². The lowest BCUT2D eigenvalue weighted by molar-refractivity contribution is -0.112.